The third-order valence-electron chi connectivity index (χ3n) is 0.515. The summed E-state index contributed by atoms with van der Waals surface area (Å²) in [6, 6.07) is 0. The van der Waals surface area contributed by atoms with Gasteiger partial charge in [0.25, 0.3) is 11.3 Å². The second-order valence-corrected chi connectivity index (χ2v) is 1.83. The molecular formula is C3H7NO4S. The van der Waals surface area contributed by atoms with Crippen molar-refractivity contribution in [3.63, 3.8) is 0 Å². The fraction of sp³-hybridized carbons (Fsp3) is 0.667. The van der Waals surface area contributed by atoms with Crippen LogP contribution >= 0.6 is 0 Å². The molecule has 0 aliphatic rings. The molecule has 0 spiro atoms. The quantitative estimate of drug-likeness (QED) is 0.426. The fourth-order valence-corrected chi connectivity index (χ4v) is 0.319. The molecule has 0 rings (SSSR count). The molecule has 0 aromatic carbocycles. The molecular weight excluding hydrogens is 146 g/mol. The lowest BCUT2D eigenvalue weighted by atomic mass is 10.5. The summed E-state index contributed by atoms with van der Waals surface area (Å²) >= 11 is -2.28. The molecule has 54 valence electrons. The summed E-state index contributed by atoms with van der Waals surface area (Å²) in [5.74, 6) is -0.572. The lowest BCUT2D eigenvalue weighted by Crippen LogP contribution is -2.20. The van der Waals surface area contributed by atoms with E-state index in [0.29, 0.717) is 0 Å². The van der Waals surface area contributed by atoms with Gasteiger partial charge in [-0.3, -0.25) is 9.35 Å². The second-order valence-electron chi connectivity index (χ2n) is 1.16. The maximum atomic E-state index is 10.2. The van der Waals surface area contributed by atoms with E-state index in [4.69, 9.17) is 4.55 Å². The van der Waals surface area contributed by atoms with Crippen molar-refractivity contribution in [2.24, 2.45) is 0 Å². The minimum Gasteiger partial charge on any atom is -0.356 e. The summed E-state index contributed by atoms with van der Waals surface area (Å²) in [6.07, 6.45) is 0.171. The lowest BCUT2D eigenvalue weighted by molar-refractivity contribution is -0.146. The Bertz CT molecular complexity index is 125. The third kappa shape index (κ3) is 5.41. The first-order chi connectivity index (χ1) is 4.16. The van der Waals surface area contributed by atoms with Crippen LogP contribution in [-0.2, 0) is 20.9 Å². The number of carbonyl (C=O) groups excluding carboxylic acids is 1. The molecule has 9 heavy (non-hydrogen) atoms. The van der Waals surface area contributed by atoms with E-state index in [-0.39, 0.29) is 6.42 Å². The maximum absolute atomic E-state index is 10.2. The number of hydrogen-bond acceptors (Lipinski definition) is 3. The van der Waals surface area contributed by atoms with Crippen molar-refractivity contribution in [2.45, 2.75) is 13.3 Å². The van der Waals surface area contributed by atoms with E-state index >= 15 is 0 Å². The highest BCUT2D eigenvalue weighted by Gasteiger charge is 1.98. The first-order valence-corrected chi connectivity index (χ1v) is 3.33. The average molecular weight is 153 g/mol. The van der Waals surface area contributed by atoms with Crippen LogP contribution in [0.4, 0.5) is 0 Å². The lowest BCUT2D eigenvalue weighted by Gasteiger charge is -1.96. The topological polar surface area (TPSA) is 75.6 Å². The number of rotatable bonds is 3. The Balaban J connectivity index is 3.28. The molecule has 0 aromatic rings. The molecule has 1 unspecified atom stereocenters. The zero-order chi connectivity index (χ0) is 7.28. The summed E-state index contributed by atoms with van der Waals surface area (Å²) in [4.78, 5) is 15.8. The van der Waals surface area contributed by atoms with Crippen LogP contribution in [-0.4, -0.2) is 14.7 Å². The molecule has 0 saturated carbocycles. The van der Waals surface area contributed by atoms with Gasteiger partial charge in [-0.25, -0.2) is 4.21 Å². The van der Waals surface area contributed by atoms with Gasteiger partial charge in [0.05, 0.1) is 0 Å². The summed E-state index contributed by atoms with van der Waals surface area (Å²) < 4.78 is 17.7. The van der Waals surface area contributed by atoms with Crippen molar-refractivity contribution in [3.8, 4) is 0 Å². The highest BCUT2D eigenvalue weighted by Crippen LogP contribution is 1.79. The SMILES string of the molecule is CCC(=O)ONS(=O)O. The Morgan fingerprint density at radius 2 is 2.44 bits per heavy atom. The molecule has 0 bridgehead atoms. The van der Waals surface area contributed by atoms with Crippen LogP contribution < -0.4 is 4.89 Å². The number of hydrogen-bond donors (Lipinski definition) is 2. The van der Waals surface area contributed by atoms with Gasteiger partial charge in [0.2, 0.25) is 0 Å². The van der Waals surface area contributed by atoms with Crippen LogP contribution in [0.5, 0.6) is 0 Å². The molecule has 0 radical (unpaired) electrons. The first-order valence-electron chi connectivity index (χ1n) is 2.23. The van der Waals surface area contributed by atoms with Gasteiger partial charge >= 0.3 is 5.97 Å². The number of nitrogens with one attached hydrogen (secondary N) is 1. The predicted molar refractivity (Wildman–Crippen MR) is 30.3 cm³/mol. The Labute approximate surface area is 54.8 Å². The predicted octanol–water partition coefficient (Wildman–Crippen LogP) is -0.419. The van der Waals surface area contributed by atoms with Gasteiger partial charge in [0.15, 0.2) is 0 Å². The molecule has 1 atom stereocenters. The molecule has 0 aromatic heterocycles. The van der Waals surface area contributed by atoms with E-state index in [1.165, 1.54) is 0 Å². The van der Waals surface area contributed by atoms with Crippen LogP contribution in [0, 0.1) is 0 Å². The van der Waals surface area contributed by atoms with Crippen molar-refractivity contribution in [2.75, 3.05) is 0 Å². The van der Waals surface area contributed by atoms with E-state index in [9.17, 15) is 9.00 Å². The highest BCUT2D eigenvalue weighted by molar-refractivity contribution is 7.76. The first kappa shape index (κ1) is 8.54. The average Bonchev–Trinajstić information content (AvgIpc) is 1.83. The summed E-state index contributed by atoms with van der Waals surface area (Å²) in [6.45, 7) is 1.57. The largest absolute Gasteiger partial charge is 0.356 e. The van der Waals surface area contributed by atoms with Crippen molar-refractivity contribution in [3.05, 3.63) is 0 Å². The van der Waals surface area contributed by atoms with Crippen LogP contribution in [0.2, 0.25) is 0 Å². The molecule has 0 amide bonds. The van der Waals surface area contributed by atoms with E-state index in [1.807, 2.05) is 0 Å². The van der Waals surface area contributed by atoms with Crippen LogP contribution in [0.15, 0.2) is 0 Å². The second kappa shape index (κ2) is 4.42. The molecule has 0 aliphatic heterocycles. The number of carbonyl (C=O) groups is 1. The van der Waals surface area contributed by atoms with Gasteiger partial charge in [-0.2, -0.15) is 0 Å². The van der Waals surface area contributed by atoms with Crippen molar-refractivity contribution >= 4 is 17.2 Å². The van der Waals surface area contributed by atoms with E-state index in [1.54, 1.807) is 11.8 Å². The van der Waals surface area contributed by atoms with Gasteiger partial charge in [-0.05, 0) is 4.89 Å². The molecule has 6 heteroatoms. The Kier molecular flexibility index (Phi) is 4.20. The Hall–Kier alpha value is -0.460. The zero-order valence-corrected chi connectivity index (χ0v) is 5.60. The molecule has 2 N–H and O–H groups in total. The van der Waals surface area contributed by atoms with Gasteiger partial charge in [0, 0.05) is 6.42 Å². The van der Waals surface area contributed by atoms with Crippen molar-refractivity contribution in [1.29, 1.82) is 0 Å². The molecule has 5 nitrogen and oxygen atoms in total. The minimum atomic E-state index is -2.28. The summed E-state index contributed by atoms with van der Waals surface area (Å²) in [5, 5.41) is 0. The monoisotopic (exact) mass is 153 g/mol. The summed E-state index contributed by atoms with van der Waals surface area (Å²) in [5.41, 5.74) is 0. The van der Waals surface area contributed by atoms with Crippen LogP contribution in [0.1, 0.15) is 13.3 Å². The fourth-order valence-electron chi connectivity index (χ4n) is 0.154. The summed E-state index contributed by atoms with van der Waals surface area (Å²) in [7, 11) is 0. The standard InChI is InChI=1S/C3H7NO4S/c1-2-3(5)8-4-9(6)7/h4H,2H2,1H3,(H,6,7). The Morgan fingerprint density at radius 3 is 2.78 bits per heavy atom. The Morgan fingerprint density at radius 1 is 1.89 bits per heavy atom. The zero-order valence-electron chi connectivity index (χ0n) is 4.79. The van der Waals surface area contributed by atoms with Gasteiger partial charge in [0.1, 0.15) is 0 Å². The molecule has 0 fully saturated rings. The van der Waals surface area contributed by atoms with Gasteiger partial charge in [-0.15, -0.1) is 0 Å². The maximum Gasteiger partial charge on any atom is 0.325 e. The van der Waals surface area contributed by atoms with E-state index < -0.39 is 17.2 Å². The normalized spacial score (nSPS) is 12.7. The third-order valence-corrected chi connectivity index (χ3v) is 0.741. The van der Waals surface area contributed by atoms with Crippen LogP contribution in [0.25, 0.3) is 0 Å². The highest BCUT2D eigenvalue weighted by atomic mass is 32.2. The molecule has 0 saturated heterocycles. The minimum absolute atomic E-state index is 0.171. The molecule has 0 heterocycles. The van der Waals surface area contributed by atoms with E-state index in [0.717, 1.165) is 0 Å². The molecule has 0 aliphatic carbocycles. The van der Waals surface area contributed by atoms with Crippen molar-refractivity contribution < 1.29 is 18.4 Å². The van der Waals surface area contributed by atoms with Crippen LogP contribution in [0.3, 0.4) is 0 Å². The van der Waals surface area contributed by atoms with Gasteiger partial charge in [-0.1, -0.05) is 6.92 Å². The van der Waals surface area contributed by atoms with E-state index in [2.05, 4.69) is 4.84 Å². The van der Waals surface area contributed by atoms with Gasteiger partial charge < -0.3 is 4.84 Å². The van der Waals surface area contributed by atoms with Crippen molar-refractivity contribution in [1.82, 2.24) is 4.89 Å². The smallest absolute Gasteiger partial charge is 0.325 e.